The Morgan fingerprint density at radius 2 is 1.78 bits per heavy atom. The maximum atomic E-state index is 13.5. The quantitative estimate of drug-likeness (QED) is 0.634. The second kappa shape index (κ2) is 7.45. The fourth-order valence-corrected chi connectivity index (χ4v) is 4.99. The van der Waals surface area contributed by atoms with Gasteiger partial charge in [-0.1, -0.05) is 18.2 Å². The van der Waals surface area contributed by atoms with Gasteiger partial charge in [0.15, 0.2) is 0 Å². The molecular weight excluding hydrogens is 451 g/mol. The standard InChI is InChI=1S/C20H20F3N3O5S/c21-20(22,23)19(8-9-19)17(28)26-11-13(31-32(29,30)14-4-2-1-3-5-14)10-15(26)16(27)25-18(12-24)6-7-18/h1-5,13,15H,6-11H2,(H,25,27)/t13-,15-/m0/s1. The van der Waals surface area contributed by atoms with Gasteiger partial charge in [0.25, 0.3) is 10.1 Å². The van der Waals surface area contributed by atoms with Crippen LogP contribution in [0.3, 0.4) is 0 Å². The average Bonchev–Trinajstić information content (AvgIpc) is 3.65. The van der Waals surface area contributed by atoms with E-state index in [2.05, 4.69) is 5.32 Å². The molecule has 0 aromatic heterocycles. The fourth-order valence-electron chi connectivity index (χ4n) is 3.89. The highest BCUT2D eigenvalue weighted by atomic mass is 32.2. The first kappa shape index (κ1) is 22.5. The number of hydrogen-bond acceptors (Lipinski definition) is 6. The number of rotatable bonds is 6. The molecule has 0 spiro atoms. The summed E-state index contributed by atoms with van der Waals surface area (Å²) in [5.41, 5.74) is -3.66. The van der Waals surface area contributed by atoms with E-state index in [4.69, 9.17) is 4.18 Å². The van der Waals surface area contributed by atoms with Crippen LogP contribution in [-0.4, -0.2) is 55.5 Å². The van der Waals surface area contributed by atoms with Crippen LogP contribution >= 0.6 is 0 Å². The van der Waals surface area contributed by atoms with Crippen molar-refractivity contribution in [3.63, 3.8) is 0 Å². The zero-order valence-electron chi connectivity index (χ0n) is 16.8. The second-order valence-electron chi connectivity index (χ2n) is 8.46. The van der Waals surface area contributed by atoms with Gasteiger partial charge in [-0.15, -0.1) is 0 Å². The topological polar surface area (TPSA) is 117 Å². The summed E-state index contributed by atoms with van der Waals surface area (Å²) in [7, 11) is -4.26. The molecular formula is C20H20F3N3O5S. The number of halogens is 3. The molecule has 1 N–H and O–H groups in total. The molecule has 172 valence electrons. The number of alkyl halides is 3. The Kier molecular flexibility index (Phi) is 5.25. The largest absolute Gasteiger partial charge is 0.403 e. The van der Waals surface area contributed by atoms with E-state index in [-0.39, 0.29) is 11.3 Å². The van der Waals surface area contributed by atoms with Crippen LogP contribution in [0.5, 0.6) is 0 Å². The van der Waals surface area contributed by atoms with Crippen molar-refractivity contribution in [3.05, 3.63) is 30.3 Å². The van der Waals surface area contributed by atoms with Gasteiger partial charge < -0.3 is 10.2 Å². The first-order chi connectivity index (χ1) is 14.9. The van der Waals surface area contributed by atoms with Crippen molar-refractivity contribution in [1.82, 2.24) is 10.2 Å². The highest BCUT2D eigenvalue weighted by Crippen LogP contribution is 2.59. The third-order valence-corrected chi connectivity index (χ3v) is 7.52. The van der Waals surface area contributed by atoms with E-state index in [1.54, 1.807) is 6.07 Å². The van der Waals surface area contributed by atoms with Gasteiger partial charge in [0.05, 0.1) is 17.1 Å². The highest BCUT2D eigenvalue weighted by Gasteiger charge is 2.70. The molecule has 2 saturated carbocycles. The molecule has 8 nitrogen and oxygen atoms in total. The zero-order valence-corrected chi connectivity index (χ0v) is 17.6. The Labute approximate surface area is 182 Å². The molecule has 3 fully saturated rings. The van der Waals surface area contributed by atoms with Crippen LogP contribution < -0.4 is 5.32 Å². The van der Waals surface area contributed by atoms with Crippen molar-refractivity contribution >= 4 is 21.9 Å². The van der Waals surface area contributed by atoms with Crippen LogP contribution in [0.15, 0.2) is 35.2 Å². The van der Waals surface area contributed by atoms with Crippen LogP contribution in [0.1, 0.15) is 32.1 Å². The van der Waals surface area contributed by atoms with Gasteiger partial charge in [-0.2, -0.15) is 26.9 Å². The van der Waals surface area contributed by atoms with Crippen LogP contribution in [0.4, 0.5) is 13.2 Å². The van der Waals surface area contributed by atoms with E-state index < -0.39 is 70.6 Å². The number of likely N-dealkylation sites (tertiary alicyclic amines) is 1. The average molecular weight is 471 g/mol. The summed E-state index contributed by atoms with van der Waals surface area (Å²) in [5.74, 6) is -2.06. The minimum absolute atomic E-state index is 0.152. The van der Waals surface area contributed by atoms with E-state index in [9.17, 15) is 36.4 Å². The number of hydrogen-bond donors (Lipinski definition) is 1. The molecule has 32 heavy (non-hydrogen) atoms. The first-order valence-corrected chi connectivity index (χ1v) is 11.4. The Hall–Kier alpha value is -2.65. The molecule has 0 bridgehead atoms. The van der Waals surface area contributed by atoms with Crippen molar-refractivity contribution in [2.75, 3.05) is 6.54 Å². The van der Waals surface area contributed by atoms with Gasteiger partial charge in [-0.3, -0.25) is 13.8 Å². The van der Waals surface area contributed by atoms with Crippen LogP contribution in [0.25, 0.3) is 0 Å². The van der Waals surface area contributed by atoms with E-state index >= 15 is 0 Å². The number of nitrogens with one attached hydrogen (secondary N) is 1. The van der Waals surface area contributed by atoms with Gasteiger partial charge >= 0.3 is 6.18 Å². The Balaban J connectivity index is 1.57. The summed E-state index contributed by atoms with van der Waals surface area (Å²) in [6.45, 7) is -0.486. The van der Waals surface area contributed by atoms with E-state index in [1.807, 2.05) is 6.07 Å². The molecule has 1 aromatic carbocycles. The third-order valence-electron chi connectivity index (χ3n) is 6.15. The van der Waals surface area contributed by atoms with Crippen LogP contribution in [0, 0.1) is 16.7 Å². The smallest absolute Gasteiger partial charge is 0.336 e. The number of nitrogens with zero attached hydrogens (tertiary/aromatic N) is 2. The van der Waals surface area contributed by atoms with Crippen molar-refractivity contribution in [2.24, 2.45) is 5.41 Å². The number of carbonyl (C=O) groups excluding carboxylic acids is 2. The predicted molar refractivity (Wildman–Crippen MR) is 102 cm³/mol. The van der Waals surface area contributed by atoms with Crippen molar-refractivity contribution in [2.45, 2.75) is 60.9 Å². The first-order valence-electron chi connectivity index (χ1n) is 10.0. The summed E-state index contributed by atoms with van der Waals surface area (Å²) >= 11 is 0. The molecule has 0 unspecified atom stereocenters. The summed E-state index contributed by atoms with van der Waals surface area (Å²) in [6.07, 6.45) is -6.30. The van der Waals surface area contributed by atoms with E-state index in [1.165, 1.54) is 24.3 Å². The lowest BCUT2D eigenvalue weighted by Crippen LogP contribution is -2.53. The Bertz CT molecular complexity index is 1080. The van der Waals surface area contributed by atoms with Gasteiger partial charge in [-0.25, -0.2) is 0 Å². The third kappa shape index (κ3) is 3.95. The molecule has 0 radical (unpaired) electrons. The van der Waals surface area contributed by atoms with Crippen LogP contribution in [0.2, 0.25) is 0 Å². The van der Waals surface area contributed by atoms with Gasteiger partial charge in [0.1, 0.15) is 17.0 Å². The van der Waals surface area contributed by atoms with Crippen molar-refractivity contribution < 1.29 is 35.4 Å². The van der Waals surface area contributed by atoms with Crippen molar-refractivity contribution in [3.8, 4) is 6.07 Å². The lowest BCUT2D eigenvalue weighted by atomic mass is 10.0. The minimum Gasteiger partial charge on any atom is -0.336 e. The van der Waals surface area contributed by atoms with E-state index in [0.29, 0.717) is 12.8 Å². The minimum atomic E-state index is -4.79. The fraction of sp³-hybridized carbons (Fsp3) is 0.550. The molecule has 2 amide bonds. The molecule has 1 aliphatic heterocycles. The molecule has 3 aliphatic rings. The molecule has 2 aliphatic carbocycles. The van der Waals surface area contributed by atoms with Gasteiger partial charge in [0.2, 0.25) is 11.8 Å². The summed E-state index contributed by atoms with van der Waals surface area (Å²) < 4.78 is 70.9. The lowest BCUT2D eigenvalue weighted by molar-refractivity contribution is -0.199. The normalized spacial score (nSPS) is 25.6. The summed E-state index contributed by atoms with van der Waals surface area (Å²) in [5, 5.41) is 11.7. The Morgan fingerprint density at radius 3 is 2.28 bits per heavy atom. The van der Waals surface area contributed by atoms with Gasteiger partial charge in [-0.05, 0) is 37.8 Å². The monoisotopic (exact) mass is 471 g/mol. The zero-order chi connectivity index (χ0) is 23.4. The maximum Gasteiger partial charge on any atom is 0.403 e. The molecule has 12 heteroatoms. The number of nitriles is 1. The highest BCUT2D eigenvalue weighted by molar-refractivity contribution is 7.86. The maximum absolute atomic E-state index is 13.5. The SMILES string of the molecule is N#CC1(NC(=O)[C@@H]2C[C@H](OS(=O)(=O)c3ccccc3)CN2C(=O)C2(C(F)(F)F)CC2)CC1. The van der Waals surface area contributed by atoms with Crippen LogP contribution in [-0.2, 0) is 23.9 Å². The number of amides is 2. The van der Waals surface area contributed by atoms with Gasteiger partial charge in [0, 0.05) is 13.0 Å². The Morgan fingerprint density at radius 1 is 1.16 bits per heavy atom. The lowest BCUT2D eigenvalue weighted by Gasteiger charge is -2.29. The number of benzene rings is 1. The molecule has 4 rings (SSSR count). The summed E-state index contributed by atoms with van der Waals surface area (Å²) in [4.78, 5) is 26.3. The molecule has 1 saturated heterocycles. The number of carbonyl (C=O) groups is 2. The molecule has 1 aromatic rings. The molecule has 1 heterocycles. The summed E-state index contributed by atoms with van der Waals surface area (Å²) in [6, 6.07) is 7.73. The van der Waals surface area contributed by atoms with E-state index in [0.717, 1.165) is 4.90 Å². The second-order valence-corrected chi connectivity index (χ2v) is 10.0. The molecule has 2 atom stereocenters. The van der Waals surface area contributed by atoms with Crippen molar-refractivity contribution in [1.29, 1.82) is 5.26 Å². The predicted octanol–water partition coefficient (Wildman–Crippen LogP) is 1.88.